The van der Waals surface area contributed by atoms with Gasteiger partial charge in [-0.1, -0.05) is 24.3 Å². The molecule has 0 saturated carbocycles. The van der Waals surface area contributed by atoms with Crippen LogP contribution in [-0.4, -0.2) is 23.5 Å². The smallest absolute Gasteiger partial charge is 0.306 e. The summed E-state index contributed by atoms with van der Waals surface area (Å²) in [4.78, 5) is 28.3. The van der Waals surface area contributed by atoms with E-state index in [0.717, 1.165) is 32.0 Å². The number of esters is 1. The van der Waals surface area contributed by atoms with E-state index < -0.39 is 5.97 Å². The quantitative estimate of drug-likeness (QED) is 0.667. The molecule has 26 heavy (non-hydrogen) atoms. The first-order valence-corrected chi connectivity index (χ1v) is 9.20. The largest absolute Gasteiger partial charge is 0.456 e. The number of rotatable bonds is 6. The minimum absolute atomic E-state index is 0.205. The number of aromatic nitrogens is 1. The van der Waals surface area contributed by atoms with Crippen LogP contribution < -0.4 is 5.32 Å². The number of hydrogen-bond donors (Lipinski definition) is 1. The zero-order valence-corrected chi connectivity index (χ0v) is 15.6. The molecule has 0 unspecified atom stereocenters. The van der Waals surface area contributed by atoms with E-state index >= 15 is 0 Å². The van der Waals surface area contributed by atoms with Crippen molar-refractivity contribution in [2.24, 2.45) is 0 Å². The third-order valence-electron chi connectivity index (χ3n) is 3.91. The maximum Gasteiger partial charge on any atom is 0.306 e. The zero-order chi connectivity index (χ0) is 18.5. The molecule has 0 aliphatic carbocycles. The Labute approximate surface area is 156 Å². The van der Waals surface area contributed by atoms with Crippen molar-refractivity contribution in [1.29, 1.82) is 0 Å². The molecule has 0 spiro atoms. The van der Waals surface area contributed by atoms with Crippen molar-refractivity contribution in [3.8, 4) is 0 Å². The summed E-state index contributed by atoms with van der Waals surface area (Å²) >= 11 is 1.57. The monoisotopic (exact) mass is 368 g/mol. The normalized spacial score (nSPS) is 10.7. The number of aryl methyl sites for hydroxylation is 3. The van der Waals surface area contributed by atoms with Crippen molar-refractivity contribution in [2.45, 2.75) is 26.7 Å². The fraction of sp³-hybridized carbons (Fsp3) is 0.250. The number of para-hydroxylation sites is 1. The summed E-state index contributed by atoms with van der Waals surface area (Å²) in [6.45, 7) is 3.59. The minimum atomic E-state index is -0.402. The Morgan fingerprint density at radius 3 is 2.77 bits per heavy atom. The molecule has 2 aromatic carbocycles. The van der Waals surface area contributed by atoms with Gasteiger partial charge >= 0.3 is 5.97 Å². The number of fused-ring (bicyclic) bond motifs is 1. The van der Waals surface area contributed by atoms with Crippen molar-refractivity contribution in [3.63, 3.8) is 0 Å². The van der Waals surface area contributed by atoms with Gasteiger partial charge in [0.1, 0.15) is 0 Å². The fourth-order valence-electron chi connectivity index (χ4n) is 2.51. The molecule has 0 atom stereocenters. The third kappa shape index (κ3) is 4.67. The third-order valence-corrected chi connectivity index (χ3v) is 5.01. The molecule has 6 heteroatoms. The van der Waals surface area contributed by atoms with Crippen LogP contribution in [0.25, 0.3) is 10.2 Å². The van der Waals surface area contributed by atoms with Crippen molar-refractivity contribution in [3.05, 3.63) is 58.6 Å². The molecule has 5 nitrogen and oxygen atoms in total. The Balaban J connectivity index is 1.46. The van der Waals surface area contributed by atoms with Crippen LogP contribution in [0.1, 0.15) is 22.6 Å². The van der Waals surface area contributed by atoms with E-state index in [4.69, 9.17) is 4.74 Å². The molecule has 1 N–H and O–H groups in total. The Bertz CT molecular complexity index is 916. The standard InChI is InChI=1S/C20H20N2O3S/c1-13-7-8-14(2)16(11-13)21-18(23)12-25-20(24)10-9-19-22-15-5-3-4-6-17(15)26-19/h3-8,11H,9-10,12H2,1-2H3,(H,21,23). The summed E-state index contributed by atoms with van der Waals surface area (Å²) < 4.78 is 6.17. The first kappa shape index (κ1) is 18.1. The van der Waals surface area contributed by atoms with E-state index in [0.29, 0.717) is 6.42 Å². The molecule has 0 bridgehead atoms. The van der Waals surface area contributed by atoms with Crippen LogP contribution in [0.3, 0.4) is 0 Å². The topological polar surface area (TPSA) is 68.3 Å². The van der Waals surface area contributed by atoms with Crippen molar-refractivity contribution in [2.75, 3.05) is 11.9 Å². The predicted molar refractivity (Wildman–Crippen MR) is 103 cm³/mol. The molecule has 0 aliphatic rings. The van der Waals surface area contributed by atoms with E-state index in [9.17, 15) is 9.59 Å². The molecule has 134 valence electrons. The Morgan fingerprint density at radius 2 is 1.96 bits per heavy atom. The number of benzene rings is 2. The molecule has 0 radical (unpaired) electrons. The van der Waals surface area contributed by atoms with Gasteiger partial charge in [-0.05, 0) is 43.2 Å². The van der Waals surface area contributed by atoms with Gasteiger partial charge in [-0.25, -0.2) is 4.98 Å². The van der Waals surface area contributed by atoms with Gasteiger partial charge in [0.05, 0.1) is 21.6 Å². The lowest BCUT2D eigenvalue weighted by Gasteiger charge is -2.09. The average molecular weight is 368 g/mol. The van der Waals surface area contributed by atoms with Crippen LogP contribution in [0.4, 0.5) is 5.69 Å². The van der Waals surface area contributed by atoms with Gasteiger partial charge in [0.2, 0.25) is 0 Å². The predicted octanol–water partition coefficient (Wildman–Crippen LogP) is 4.03. The summed E-state index contributed by atoms with van der Waals surface area (Å²) in [5.74, 6) is -0.743. The average Bonchev–Trinajstić information content (AvgIpc) is 3.04. The van der Waals surface area contributed by atoms with Crippen molar-refractivity contribution < 1.29 is 14.3 Å². The van der Waals surface area contributed by atoms with Gasteiger partial charge in [-0.15, -0.1) is 11.3 Å². The molecule has 1 amide bonds. The molecular weight excluding hydrogens is 348 g/mol. The SMILES string of the molecule is Cc1ccc(C)c(NC(=O)COC(=O)CCc2nc3ccccc3s2)c1. The fourth-order valence-corrected chi connectivity index (χ4v) is 3.48. The zero-order valence-electron chi connectivity index (χ0n) is 14.7. The van der Waals surface area contributed by atoms with Crippen LogP contribution in [-0.2, 0) is 20.7 Å². The Kier molecular flexibility index (Phi) is 5.63. The van der Waals surface area contributed by atoms with Crippen molar-refractivity contribution in [1.82, 2.24) is 4.98 Å². The number of carbonyl (C=O) groups excluding carboxylic acids is 2. The van der Waals surface area contributed by atoms with Crippen LogP contribution >= 0.6 is 11.3 Å². The lowest BCUT2D eigenvalue weighted by molar-refractivity contribution is -0.147. The van der Waals surface area contributed by atoms with Gasteiger partial charge in [0.25, 0.3) is 5.91 Å². The van der Waals surface area contributed by atoms with Gasteiger partial charge in [-0.3, -0.25) is 9.59 Å². The molecule has 0 fully saturated rings. The lowest BCUT2D eigenvalue weighted by atomic mass is 10.1. The number of hydrogen-bond acceptors (Lipinski definition) is 5. The number of anilines is 1. The number of carbonyl (C=O) groups is 2. The summed E-state index contributed by atoms with van der Waals surface area (Å²) in [6, 6.07) is 13.7. The number of nitrogens with zero attached hydrogens (tertiary/aromatic N) is 1. The van der Waals surface area contributed by atoms with E-state index in [1.807, 2.05) is 56.3 Å². The van der Waals surface area contributed by atoms with Crippen molar-refractivity contribution >= 4 is 39.1 Å². The highest BCUT2D eigenvalue weighted by Gasteiger charge is 2.11. The molecule has 0 saturated heterocycles. The van der Waals surface area contributed by atoms with Gasteiger partial charge in [-0.2, -0.15) is 0 Å². The lowest BCUT2D eigenvalue weighted by Crippen LogP contribution is -2.21. The molecule has 3 rings (SSSR count). The molecule has 0 aliphatic heterocycles. The van der Waals surface area contributed by atoms with E-state index in [2.05, 4.69) is 10.3 Å². The van der Waals surface area contributed by atoms with Crippen LogP contribution in [0.15, 0.2) is 42.5 Å². The Morgan fingerprint density at radius 1 is 1.15 bits per heavy atom. The number of ether oxygens (including phenoxy) is 1. The maximum absolute atomic E-state index is 12.0. The second-order valence-electron chi connectivity index (χ2n) is 6.10. The highest BCUT2D eigenvalue weighted by Crippen LogP contribution is 2.22. The van der Waals surface area contributed by atoms with Crippen LogP contribution in [0.2, 0.25) is 0 Å². The maximum atomic E-state index is 12.0. The van der Waals surface area contributed by atoms with Gasteiger partial charge in [0.15, 0.2) is 6.61 Å². The van der Waals surface area contributed by atoms with E-state index in [1.54, 1.807) is 11.3 Å². The Hall–Kier alpha value is -2.73. The highest BCUT2D eigenvalue weighted by atomic mass is 32.1. The first-order chi connectivity index (χ1) is 12.5. The molecule has 1 heterocycles. The molecule has 3 aromatic rings. The van der Waals surface area contributed by atoms with Crippen LogP contribution in [0.5, 0.6) is 0 Å². The summed E-state index contributed by atoms with van der Waals surface area (Å²) in [5, 5.41) is 3.66. The molecule has 1 aromatic heterocycles. The number of thiazole rings is 1. The molecular formula is C20H20N2O3S. The summed E-state index contributed by atoms with van der Waals surface area (Å²) in [6.07, 6.45) is 0.716. The number of nitrogens with one attached hydrogen (secondary N) is 1. The summed E-state index contributed by atoms with van der Waals surface area (Å²) in [5.41, 5.74) is 3.69. The van der Waals surface area contributed by atoms with Gasteiger partial charge < -0.3 is 10.1 Å². The number of amides is 1. The van der Waals surface area contributed by atoms with E-state index in [-0.39, 0.29) is 18.9 Å². The second-order valence-corrected chi connectivity index (χ2v) is 7.22. The minimum Gasteiger partial charge on any atom is -0.456 e. The van der Waals surface area contributed by atoms with Gasteiger partial charge in [0, 0.05) is 12.1 Å². The van der Waals surface area contributed by atoms with Crippen LogP contribution in [0, 0.1) is 13.8 Å². The summed E-state index contributed by atoms with van der Waals surface area (Å²) in [7, 11) is 0. The van der Waals surface area contributed by atoms with E-state index in [1.165, 1.54) is 0 Å². The second kappa shape index (κ2) is 8.10. The first-order valence-electron chi connectivity index (χ1n) is 8.38. The highest BCUT2D eigenvalue weighted by molar-refractivity contribution is 7.18.